The van der Waals surface area contributed by atoms with Crippen LogP contribution in [0.15, 0.2) is 24.3 Å². The predicted octanol–water partition coefficient (Wildman–Crippen LogP) is 4.41. The van der Waals surface area contributed by atoms with E-state index in [1.807, 2.05) is 24.3 Å². The van der Waals surface area contributed by atoms with E-state index in [1.165, 1.54) is 9.88 Å². The average Bonchev–Trinajstić information content (AvgIpc) is 2.81. The molecule has 1 atom stereocenters. The maximum absolute atomic E-state index is 9.21. The van der Waals surface area contributed by atoms with Crippen LogP contribution in [0.25, 0.3) is 0 Å². The van der Waals surface area contributed by atoms with Crippen molar-refractivity contribution in [3.05, 3.63) is 45.4 Å². The van der Waals surface area contributed by atoms with Crippen molar-refractivity contribution in [2.75, 3.05) is 5.32 Å². The first-order valence-corrected chi connectivity index (χ1v) is 8.07. The number of nitrogens with zero attached hydrogens (tertiary/aromatic N) is 1. The first-order valence-electron chi connectivity index (χ1n) is 7.25. The second-order valence-corrected chi connectivity index (χ2v) is 7.47. The van der Waals surface area contributed by atoms with Crippen LogP contribution in [0.5, 0.6) is 0 Å². The number of aryl methyl sites for hydroxylation is 1. The smallest absolute Gasteiger partial charge is 0.0985 e. The molecule has 1 heterocycles. The number of benzene rings is 1. The maximum Gasteiger partial charge on any atom is 0.0985 e. The molecule has 0 radical (unpaired) electrons. The molecule has 2 aromatic rings. The summed E-state index contributed by atoms with van der Waals surface area (Å²) in [6, 6.07) is 8.09. The zero-order chi connectivity index (χ0) is 15.6. The molecule has 1 aromatic heterocycles. The van der Waals surface area contributed by atoms with Crippen molar-refractivity contribution in [3.63, 3.8) is 0 Å². The van der Waals surface area contributed by atoms with Gasteiger partial charge in [-0.25, -0.2) is 4.98 Å². The summed E-state index contributed by atoms with van der Waals surface area (Å²) in [4.78, 5) is 5.99. The molecule has 0 fully saturated rings. The summed E-state index contributed by atoms with van der Waals surface area (Å²) in [5.41, 5.74) is 3.13. The fraction of sp³-hybridized carbons (Fsp3) is 0.471. The molecule has 21 heavy (non-hydrogen) atoms. The van der Waals surface area contributed by atoms with E-state index in [4.69, 9.17) is 4.98 Å². The summed E-state index contributed by atoms with van der Waals surface area (Å²) < 4.78 is 0. The SMILES string of the molecule is Cc1nc(C(C)(C)C)sc1C(C)Nc1cccc(CO)c1. The summed E-state index contributed by atoms with van der Waals surface area (Å²) in [5, 5.41) is 13.9. The molecular weight excluding hydrogens is 280 g/mol. The summed E-state index contributed by atoms with van der Waals surface area (Å²) in [5.74, 6) is 0. The van der Waals surface area contributed by atoms with Gasteiger partial charge < -0.3 is 10.4 Å². The lowest BCUT2D eigenvalue weighted by molar-refractivity contribution is 0.282. The fourth-order valence-corrected chi connectivity index (χ4v) is 3.33. The lowest BCUT2D eigenvalue weighted by Crippen LogP contribution is -2.10. The van der Waals surface area contributed by atoms with Gasteiger partial charge in [0.2, 0.25) is 0 Å². The molecule has 0 saturated heterocycles. The fourth-order valence-electron chi connectivity index (χ4n) is 2.21. The van der Waals surface area contributed by atoms with Crippen LogP contribution in [-0.4, -0.2) is 10.1 Å². The van der Waals surface area contributed by atoms with Crippen LogP contribution in [0.4, 0.5) is 5.69 Å². The maximum atomic E-state index is 9.21. The summed E-state index contributed by atoms with van der Waals surface area (Å²) in [7, 11) is 0. The monoisotopic (exact) mass is 304 g/mol. The van der Waals surface area contributed by atoms with Crippen LogP contribution >= 0.6 is 11.3 Å². The van der Waals surface area contributed by atoms with Gasteiger partial charge in [0.1, 0.15) is 0 Å². The van der Waals surface area contributed by atoms with Gasteiger partial charge in [-0.3, -0.25) is 0 Å². The number of aromatic nitrogens is 1. The van der Waals surface area contributed by atoms with E-state index >= 15 is 0 Å². The number of aliphatic hydroxyl groups is 1. The number of aliphatic hydroxyl groups excluding tert-OH is 1. The Morgan fingerprint density at radius 3 is 2.62 bits per heavy atom. The van der Waals surface area contributed by atoms with Crippen molar-refractivity contribution in [1.29, 1.82) is 0 Å². The average molecular weight is 304 g/mol. The van der Waals surface area contributed by atoms with Gasteiger partial charge in [-0.05, 0) is 31.5 Å². The molecule has 0 saturated carbocycles. The van der Waals surface area contributed by atoms with E-state index in [0.29, 0.717) is 0 Å². The van der Waals surface area contributed by atoms with E-state index < -0.39 is 0 Å². The molecule has 0 bridgehead atoms. The third-order valence-corrected chi connectivity index (χ3v) is 5.13. The third kappa shape index (κ3) is 3.83. The Bertz CT molecular complexity index is 613. The minimum absolute atomic E-state index is 0.0671. The van der Waals surface area contributed by atoms with Crippen molar-refractivity contribution in [3.8, 4) is 0 Å². The Labute approximate surface area is 131 Å². The second kappa shape index (κ2) is 6.16. The molecule has 0 spiro atoms. The molecule has 0 aliphatic heterocycles. The Morgan fingerprint density at radius 2 is 2.05 bits per heavy atom. The molecule has 0 amide bonds. The Hall–Kier alpha value is -1.39. The van der Waals surface area contributed by atoms with Gasteiger partial charge in [-0.1, -0.05) is 32.9 Å². The molecular formula is C17H24N2OS. The Morgan fingerprint density at radius 1 is 1.33 bits per heavy atom. The van der Waals surface area contributed by atoms with Crippen LogP contribution in [-0.2, 0) is 12.0 Å². The molecule has 0 aliphatic carbocycles. The van der Waals surface area contributed by atoms with Crippen molar-refractivity contribution in [1.82, 2.24) is 4.98 Å². The first kappa shape index (κ1) is 16.0. The number of thiazole rings is 1. The highest BCUT2D eigenvalue weighted by molar-refractivity contribution is 7.12. The topological polar surface area (TPSA) is 45.2 Å². The Kier molecular flexibility index (Phi) is 4.69. The van der Waals surface area contributed by atoms with Crippen molar-refractivity contribution in [2.24, 2.45) is 0 Å². The minimum Gasteiger partial charge on any atom is -0.392 e. The van der Waals surface area contributed by atoms with Crippen LogP contribution < -0.4 is 5.32 Å². The molecule has 1 aromatic carbocycles. The first-order chi connectivity index (χ1) is 9.81. The van der Waals surface area contributed by atoms with Crippen LogP contribution in [0, 0.1) is 6.92 Å². The quantitative estimate of drug-likeness (QED) is 0.879. The molecule has 4 heteroatoms. The highest BCUT2D eigenvalue weighted by atomic mass is 32.1. The molecule has 2 rings (SSSR count). The minimum atomic E-state index is 0.0671. The highest BCUT2D eigenvalue weighted by Gasteiger charge is 2.22. The largest absolute Gasteiger partial charge is 0.392 e. The van der Waals surface area contributed by atoms with Crippen LogP contribution in [0.1, 0.15) is 54.9 Å². The van der Waals surface area contributed by atoms with E-state index in [2.05, 4.69) is 39.9 Å². The van der Waals surface area contributed by atoms with E-state index in [9.17, 15) is 5.11 Å². The number of hydrogen-bond donors (Lipinski definition) is 2. The number of hydrogen-bond acceptors (Lipinski definition) is 4. The zero-order valence-corrected chi connectivity index (χ0v) is 14.2. The van der Waals surface area contributed by atoms with E-state index in [1.54, 1.807) is 11.3 Å². The van der Waals surface area contributed by atoms with Gasteiger partial charge in [0.25, 0.3) is 0 Å². The Balaban J connectivity index is 2.20. The molecule has 2 N–H and O–H groups in total. The van der Waals surface area contributed by atoms with Gasteiger partial charge in [0, 0.05) is 16.0 Å². The predicted molar refractivity (Wildman–Crippen MR) is 90.0 cm³/mol. The standard InChI is InChI=1S/C17H24N2OS/c1-11(18-14-8-6-7-13(9-14)10-20)15-12(2)19-16(21-15)17(3,4)5/h6-9,11,18,20H,10H2,1-5H3. The van der Waals surface area contributed by atoms with Crippen LogP contribution in [0.3, 0.4) is 0 Å². The summed E-state index contributed by atoms with van der Waals surface area (Å²) in [6.45, 7) is 10.9. The van der Waals surface area contributed by atoms with Crippen molar-refractivity contribution < 1.29 is 5.11 Å². The summed E-state index contributed by atoms with van der Waals surface area (Å²) >= 11 is 1.78. The lowest BCUT2D eigenvalue weighted by atomic mass is 9.98. The molecule has 3 nitrogen and oxygen atoms in total. The number of rotatable bonds is 4. The van der Waals surface area contributed by atoms with Gasteiger partial charge in [-0.15, -0.1) is 11.3 Å². The van der Waals surface area contributed by atoms with Crippen LogP contribution in [0.2, 0.25) is 0 Å². The highest BCUT2D eigenvalue weighted by Crippen LogP contribution is 2.33. The molecule has 1 unspecified atom stereocenters. The van der Waals surface area contributed by atoms with Gasteiger partial charge in [0.05, 0.1) is 23.4 Å². The lowest BCUT2D eigenvalue weighted by Gasteiger charge is -2.16. The van der Waals surface area contributed by atoms with E-state index in [0.717, 1.165) is 16.9 Å². The number of anilines is 1. The normalized spacial score (nSPS) is 13.2. The van der Waals surface area contributed by atoms with Gasteiger partial charge >= 0.3 is 0 Å². The zero-order valence-electron chi connectivity index (χ0n) is 13.4. The van der Waals surface area contributed by atoms with Gasteiger partial charge in [-0.2, -0.15) is 0 Å². The number of nitrogens with one attached hydrogen (secondary N) is 1. The van der Waals surface area contributed by atoms with E-state index in [-0.39, 0.29) is 18.1 Å². The van der Waals surface area contributed by atoms with Crippen molar-refractivity contribution >= 4 is 17.0 Å². The second-order valence-electron chi connectivity index (χ2n) is 6.44. The third-order valence-electron chi connectivity index (χ3n) is 3.36. The summed E-state index contributed by atoms with van der Waals surface area (Å²) in [6.07, 6.45) is 0. The molecule has 0 aliphatic rings. The van der Waals surface area contributed by atoms with Gasteiger partial charge in [0.15, 0.2) is 0 Å². The van der Waals surface area contributed by atoms with Crippen molar-refractivity contribution in [2.45, 2.75) is 52.7 Å². The molecule has 114 valence electrons.